The van der Waals surface area contributed by atoms with E-state index in [-0.39, 0.29) is 11.6 Å². The number of hydrogen-bond donors (Lipinski definition) is 3. The molecule has 2 aromatic heterocycles. The van der Waals surface area contributed by atoms with E-state index in [1.807, 2.05) is 5.38 Å². The Morgan fingerprint density at radius 2 is 2.41 bits per heavy atom. The van der Waals surface area contributed by atoms with Crippen LogP contribution in [0, 0.1) is 0 Å². The van der Waals surface area contributed by atoms with Gasteiger partial charge in [-0.25, -0.2) is 18.1 Å². The normalized spacial score (nSPS) is 13.7. The van der Waals surface area contributed by atoms with Crippen LogP contribution in [0.15, 0.2) is 34.4 Å². The number of sulfonamides is 1. The van der Waals surface area contributed by atoms with Crippen molar-refractivity contribution < 1.29 is 13.5 Å². The van der Waals surface area contributed by atoms with Crippen molar-refractivity contribution in [1.82, 2.24) is 14.7 Å². The Morgan fingerprint density at radius 1 is 1.59 bits per heavy atom. The van der Waals surface area contributed by atoms with E-state index in [1.165, 1.54) is 23.9 Å². The van der Waals surface area contributed by atoms with E-state index in [9.17, 15) is 13.5 Å². The first-order valence-electron chi connectivity index (χ1n) is 4.78. The van der Waals surface area contributed by atoms with Gasteiger partial charge < -0.3 is 10.1 Å². The van der Waals surface area contributed by atoms with Gasteiger partial charge in [-0.2, -0.15) is 11.3 Å². The van der Waals surface area contributed by atoms with Crippen molar-refractivity contribution in [3.63, 3.8) is 0 Å². The van der Waals surface area contributed by atoms with Gasteiger partial charge in [-0.05, 0) is 22.4 Å². The summed E-state index contributed by atoms with van der Waals surface area (Å²) in [5, 5.41) is 13.3. The molecular formula is C9H11N3O3S2. The summed E-state index contributed by atoms with van der Waals surface area (Å²) in [6, 6.07) is 1.75. The molecule has 8 heteroatoms. The van der Waals surface area contributed by atoms with Crippen molar-refractivity contribution in [3.05, 3.63) is 34.9 Å². The first-order valence-corrected chi connectivity index (χ1v) is 7.20. The molecule has 0 bridgehead atoms. The van der Waals surface area contributed by atoms with Crippen molar-refractivity contribution in [1.29, 1.82) is 0 Å². The van der Waals surface area contributed by atoms with E-state index in [0.717, 1.165) is 0 Å². The number of aromatic amines is 1. The van der Waals surface area contributed by atoms with Crippen LogP contribution >= 0.6 is 11.3 Å². The minimum atomic E-state index is -3.63. The van der Waals surface area contributed by atoms with Gasteiger partial charge in [0, 0.05) is 6.54 Å². The Bertz CT molecular complexity index is 548. The molecule has 17 heavy (non-hydrogen) atoms. The number of aliphatic hydroxyl groups excluding tert-OH is 1. The summed E-state index contributed by atoms with van der Waals surface area (Å²) in [5.74, 6) is 0. The third kappa shape index (κ3) is 2.91. The maximum absolute atomic E-state index is 11.7. The molecule has 6 nitrogen and oxygen atoms in total. The minimum Gasteiger partial charge on any atom is -0.387 e. The highest BCUT2D eigenvalue weighted by Gasteiger charge is 2.17. The highest BCUT2D eigenvalue weighted by molar-refractivity contribution is 7.89. The summed E-state index contributed by atoms with van der Waals surface area (Å²) >= 11 is 1.45. The highest BCUT2D eigenvalue weighted by atomic mass is 32.2. The summed E-state index contributed by atoms with van der Waals surface area (Å²) in [6.45, 7) is -0.0713. The topological polar surface area (TPSA) is 95.1 Å². The van der Waals surface area contributed by atoms with Crippen LogP contribution in [0.5, 0.6) is 0 Å². The van der Waals surface area contributed by atoms with Crippen LogP contribution in [0.4, 0.5) is 0 Å². The van der Waals surface area contributed by atoms with Crippen molar-refractivity contribution in [3.8, 4) is 0 Å². The average molecular weight is 273 g/mol. The molecule has 0 saturated heterocycles. The number of hydrogen-bond acceptors (Lipinski definition) is 5. The van der Waals surface area contributed by atoms with Crippen LogP contribution in [-0.2, 0) is 10.0 Å². The zero-order valence-corrected chi connectivity index (χ0v) is 10.3. The molecule has 0 saturated carbocycles. The average Bonchev–Trinajstić information content (AvgIpc) is 2.97. The summed E-state index contributed by atoms with van der Waals surface area (Å²) in [6.07, 6.45) is 1.64. The van der Waals surface area contributed by atoms with E-state index in [1.54, 1.807) is 11.4 Å². The van der Waals surface area contributed by atoms with Crippen LogP contribution in [0.1, 0.15) is 11.7 Å². The summed E-state index contributed by atoms with van der Waals surface area (Å²) < 4.78 is 25.7. The smallest absolute Gasteiger partial charge is 0.257 e. The maximum atomic E-state index is 11.7. The number of H-pyrrole nitrogens is 1. The van der Waals surface area contributed by atoms with Gasteiger partial charge in [0.1, 0.15) is 0 Å². The standard InChI is InChI=1S/C9H11N3O3S2/c13-8(7-1-2-16-5-7)3-12-17(14,15)9-4-10-6-11-9/h1-2,4-6,8,12-13H,3H2,(H,10,11)/t8-/m0/s1. The first kappa shape index (κ1) is 12.2. The molecule has 0 aliphatic rings. The number of aliphatic hydroxyl groups is 1. The first-order chi connectivity index (χ1) is 8.09. The molecule has 0 aliphatic carbocycles. The van der Waals surface area contributed by atoms with Gasteiger partial charge in [-0.3, -0.25) is 0 Å². The van der Waals surface area contributed by atoms with E-state index < -0.39 is 16.1 Å². The van der Waals surface area contributed by atoms with Gasteiger partial charge >= 0.3 is 0 Å². The Balaban J connectivity index is 1.99. The summed E-state index contributed by atoms with van der Waals surface area (Å²) in [7, 11) is -3.63. The second-order valence-electron chi connectivity index (χ2n) is 3.34. The van der Waals surface area contributed by atoms with Crippen LogP contribution in [0.25, 0.3) is 0 Å². The van der Waals surface area contributed by atoms with E-state index >= 15 is 0 Å². The molecule has 0 amide bonds. The number of rotatable bonds is 5. The molecule has 92 valence electrons. The van der Waals surface area contributed by atoms with Gasteiger partial charge in [0.2, 0.25) is 0 Å². The lowest BCUT2D eigenvalue weighted by Gasteiger charge is -2.09. The molecule has 1 atom stereocenters. The predicted octanol–water partition coefficient (Wildman–Crippen LogP) is 0.483. The largest absolute Gasteiger partial charge is 0.387 e. The molecule has 0 aliphatic heterocycles. The van der Waals surface area contributed by atoms with Crippen LogP contribution in [-0.4, -0.2) is 30.0 Å². The number of nitrogens with zero attached hydrogens (tertiary/aromatic N) is 1. The Kier molecular flexibility index (Phi) is 3.57. The number of imidazole rings is 1. The van der Waals surface area contributed by atoms with Gasteiger partial charge in [-0.1, -0.05) is 0 Å². The SMILES string of the molecule is O=S(=O)(NC[C@H](O)c1ccsc1)c1cnc[nH]1. The predicted molar refractivity (Wildman–Crippen MR) is 63.1 cm³/mol. The zero-order valence-electron chi connectivity index (χ0n) is 8.70. The molecule has 0 unspecified atom stereocenters. The molecule has 2 aromatic rings. The van der Waals surface area contributed by atoms with Gasteiger partial charge in [0.05, 0.1) is 18.6 Å². The number of nitrogens with one attached hydrogen (secondary N) is 2. The van der Waals surface area contributed by atoms with Crippen molar-refractivity contribution in [2.45, 2.75) is 11.1 Å². The summed E-state index contributed by atoms with van der Waals surface area (Å²) in [4.78, 5) is 6.12. The number of thiophene rings is 1. The van der Waals surface area contributed by atoms with Gasteiger partial charge in [0.15, 0.2) is 5.03 Å². The molecule has 0 spiro atoms. The van der Waals surface area contributed by atoms with Crippen molar-refractivity contribution in [2.24, 2.45) is 0 Å². The Hall–Kier alpha value is -1.22. The fourth-order valence-electron chi connectivity index (χ4n) is 1.24. The number of aromatic nitrogens is 2. The van der Waals surface area contributed by atoms with Crippen molar-refractivity contribution in [2.75, 3.05) is 6.54 Å². The fourth-order valence-corrected chi connectivity index (χ4v) is 2.89. The lowest BCUT2D eigenvalue weighted by Crippen LogP contribution is -2.28. The molecule has 0 aromatic carbocycles. The molecule has 2 heterocycles. The van der Waals surface area contributed by atoms with Crippen molar-refractivity contribution >= 4 is 21.4 Å². The highest BCUT2D eigenvalue weighted by Crippen LogP contribution is 2.15. The van der Waals surface area contributed by atoms with E-state index in [2.05, 4.69) is 14.7 Å². The quantitative estimate of drug-likeness (QED) is 0.738. The Morgan fingerprint density at radius 3 is 3.00 bits per heavy atom. The lowest BCUT2D eigenvalue weighted by atomic mass is 10.2. The fraction of sp³-hybridized carbons (Fsp3) is 0.222. The van der Waals surface area contributed by atoms with Gasteiger partial charge in [0.25, 0.3) is 10.0 Å². The Labute approximate surface area is 102 Å². The second-order valence-corrected chi connectivity index (χ2v) is 5.86. The molecule has 0 radical (unpaired) electrons. The van der Waals surface area contributed by atoms with Gasteiger partial charge in [-0.15, -0.1) is 0 Å². The molecule has 2 rings (SSSR count). The third-order valence-corrected chi connectivity index (χ3v) is 4.21. The molecular weight excluding hydrogens is 262 g/mol. The second kappa shape index (κ2) is 4.96. The molecule has 3 N–H and O–H groups in total. The van der Waals surface area contributed by atoms with E-state index in [0.29, 0.717) is 5.56 Å². The zero-order chi connectivity index (χ0) is 12.3. The lowest BCUT2D eigenvalue weighted by molar-refractivity contribution is 0.182. The van der Waals surface area contributed by atoms with Crippen LogP contribution < -0.4 is 4.72 Å². The summed E-state index contributed by atoms with van der Waals surface area (Å²) in [5.41, 5.74) is 0.697. The third-order valence-electron chi connectivity index (χ3n) is 2.16. The van der Waals surface area contributed by atoms with Crippen LogP contribution in [0.2, 0.25) is 0 Å². The minimum absolute atomic E-state index is 0.0185. The van der Waals surface area contributed by atoms with E-state index in [4.69, 9.17) is 0 Å². The van der Waals surface area contributed by atoms with Crippen LogP contribution in [0.3, 0.4) is 0 Å². The maximum Gasteiger partial charge on any atom is 0.257 e. The monoisotopic (exact) mass is 273 g/mol. The molecule has 0 fully saturated rings.